The van der Waals surface area contributed by atoms with Crippen LogP contribution in [0.15, 0.2) is 22.6 Å². The van der Waals surface area contributed by atoms with Gasteiger partial charge < -0.3 is 9.32 Å². The minimum atomic E-state index is -3.19. The van der Waals surface area contributed by atoms with E-state index in [4.69, 9.17) is 4.42 Å². The minimum absolute atomic E-state index is 0.0643. The van der Waals surface area contributed by atoms with Crippen LogP contribution in [0.5, 0.6) is 0 Å². The Balaban J connectivity index is 1.49. The second kappa shape index (κ2) is 6.72. The molecule has 1 saturated carbocycles. The van der Waals surface area contributed by atoms with Crippen LogP contribution in [0.3, 0.4) is 0 Å². The van der Waals surface area contributed by atoms with Gasteiger partial charge in [-0.15, -0.1) is 0 Å². The fraction of sp³-hybridized carbons (Fsp3) is 0.588. The molecule has 0 radical (unpaired) electrons. The Bertz CT molecular complexity index is 730. The first kappa shape index (κ1) is 17.2. The summed E-state index contributed by atoms with van der Waals surface area (Å²) in [7, 11) is -3.19. The van der Waals surface area contributed by atoms with E-state index in [1.807, 2.05) is 12.1 Å². The highest BCUT2D eigenvalue weighted by Crippen LogP contribution is 2.47. The van der Waals surface area contributed by atoms with Crippen LogP contribution in [-0.4, -0.2) is 44.6 Å². The van der Waals surface area contributed by atoms with Crippen LogP contribution in [0.2, 0.25) is 0 Å². The Kier molecular flexibility index (Phi) is 4.83. The van der Waals surface area contributed by atoms with Crippen LogP contribution >= 0.6 is 0 Å². The molecule has 24 heavy (non-hydrogen) atoms. The molecule has 3 rings (SSSR count). The maximum atomic E-state index is 12.2. The zero-order chi connectivity index (χ0) is 17.3. The standard InChI is InChI=1S/C17H24N2O4S/c1-12-11-15(12)16-5-3-14(23-16)4-6-17(20)19-9-7-13(8-10-19)18-24(2,21)22/h3-6,12-13,15,18H,7-11H2,1-2H3/b6-4+/t12-,15-/m0/s1. The van der Waals surface area contributed by atoms with Crippen molar-refractivity contribution in [1.29, 1.82) is 0 Å². The average Bonchev–Trinajstić information content (AvgIpc) is 3.06. The number of sulfonamides is 1. The van der Waals surface area contributed by atoms with Gasteiger partial charge in [0.25, 0.3) is 0 Å². The Morgan fingerprint density at radius 1 is 1.33 bits per heavy atom. The predicted molar refractivity (Wildman–Crippen MR) is 91.8 cm³/mol. The number of hydrogen-bond donors (Lipinski definition) is 1. The highest BCUT2D eigenvalue weighted by molar-refractivity contribution is 7.88. The molecule has 1 aromatic rings. The summed E-state index contributed by atoms with van der Waals surface area (Å²) in [6, 6.07) is 3.80. The van der Waals surface area contributed by atoms with E-state index < -0.39 is 10.0 Å². The zero-order valence-electron chi connectivity index (χ0n) is 14.1. The molecule has 2 atom stereocenters. The van der Waals surface area contributed by atoms with Gasteiger partial charge >= 0.3 is 0 Å². The zero-order valence-corrected chi connectivity index (χ0v) is 14.9. The number of carbonyl (C=O) groups is 1. The summed E-state index contributed by atoms with van der Waals surface area (Å²) < 4.78 is 30.8. The third kappa shape index (κ3) is 4.48. The fourth-order valence-corrected chi connectivity index (χ4v) is 4.00. The normalized spacial score (nSPS) is 25.3. The summed E-state index contributed by atoms with van der Waals surface area (Å²) in [6.45, 7) is 3.31. The number of amides is 1. The summed E-state index contributed by atoms with van der Waals surface area (Å²) in [5, 5.41) is 0. The summed E-state index contributed by atoms with van der Waals surface area (Å²) in [4.78, 5) is 14.0. The van der Waals surface area contributed by atoms with Crippen molar-refractivity contribution in [3.63, 3.8) is 0 Å². The summed E-state index contributed by atoms with van der Waals surface area (Å²) in [5.41, 5.74) is 0. The first-order valence-corrected chi connectivity index (χ1v) is 10.2. The molecule has 0 bridgehead atoms. The van der Waals surface area contributed by atoms with Gasteiger partial charge in [-0.05, 0) is 43.4 Å². The predicted octanol–water partition coefficient (Wildman–Crippen LogP) is 1.96. The van der Waals surface area contributed by atoms with Gasteiger partial charge in [0.1, 0.15) is 11.5 Å². The molecular weight excluding hydrogens is 328 g/mol. The number of carbonyl (C=O) groups excluding carboxylic acids is 1. The molecule has 0 unspecified atom stereocenters. The number of piperidine rings is 1. The van der Waals surface area contributed by atoms with E-state index in [1.54, 1.807) is 11.0 Å². The Morgan fingerprint density at radius 2 is 2.00 bits per heavy atom. The Morgan fingerprint density at radius 3 is 2.58 bits per heavy atom. The average molecular weight is 352 g/mol. The molecule has 2 fully saturated rings. The first-order valence-electron chi connectivity index (χ1n) is 8.36. The van der Waals surface area contributed by atoms with Crippen LogP contribution in [0.25, 0.3) is 6.08 Å². The van der Waals surface area contributed by atoms with E-state index in [0.717, 1.165) is 12.0 Å². The van der Waals surface area contributed by atoms with E-state index in [-0.39, 0.29) is 11.9 Å². The number of furan rings is 1. The van der Waals surface area contributed by atoms with Gasteiger partial charge in [-0.3, -0.25) is 4.79 Å². The summed E-state index contributed by atoms with van der Waals surface area (Å²) in [6.07, 6.45) is 6.84. The molecule has 2 heterocycles. The third-order valence-corrected chi connectivity index (χ3v) is 5.46. The van der Waals surface area contributed by atoms with E-state index in [1.165, 1.54) is 12.5 Å². The minimum Gasteiger partial charge on any atom is -0.461 e. The molecule has 132 valence electrons. The number of hydrogen-bond acceptors (Lipinski definition) is 4. The lowest BCUT2D eigenvalue weighted by Gasteiger charge is -2.31. The van der Waals surface area contributed by atoms with Crippen molar-refractivity contribution in [3.05, 3.63) is 29.7 Å². The van der Waals surface area contributed by atoms with Crippen molar-refractivity contribution < 1.29 is 17.6 Å². The second-order valence-corrected chi connectivity index (χ2v) is 8.66. The van der Waals surface area contributed by atoms with E-state index in [2.05, 4.69) is 11.6 Å². The second-order valence-electron chi connectivity index (χ2n) is 6.88. The molecule has 1 saturated heterocycles. The van der Waals surface area contributed by atoms with E-state index >= 15 is 0 Å². The van der Waals surface area contributed by atoms with Crippen LogP contribution in [0, 0.1) is 5.92 Å². The molecule has 1 aliphatic carbocycles. The number of nitrogens with one attached hydrogen (secondary N) is 1. The Hall–Kier alpha value is -1.60. The maximum absolute atomic E-state index is 12.2. The number of likely N-dealkylation sites (tertiary alicyclic amines) is 1. The van der Waals surface area contributed by atoms with Crippen LogP contribution in [0.4, 0.5) is 0 Å². The van der Waals surface area contributed by atoms with Crippen molar-refractivity contribution in [2.45, 2.75) is 38.1 Å². The lowest BCUT2D eigenvalue weighted by molar-refractivity contribution is -0.126. The van der Waals surface area contributed by atoms with Gasteiger partial charge in [0.05, 0.1) is 6.26 Å². The van der Waals surface area contributed by atoms with Gasteiger partial charge in [0.2, 0.25) is 15.9 Å². The Labute approximate surface area is 143 Å². The highest BCUT2D eigenvalue weighted by atomic mass is 32.2. The SMILES string of the molecule is C[C@H]1C[C@@H]1c1ccc(/C=C/C(=O)N2CCC(NS(C)(=O)=O)CC2)o1. The lowest BCUT2D eigenvalue weighted by atomic mass is 10.1. The topological polar surface area (TPSA) is 79.6 Å². The van der Waals surface area contributed by atoms with Crippen molar-refractivity contribution in [2.75, 3.05) is 19.3 Å². The molecule has 2 aliphatic rings. The molecule has 0 spiro atoms. The van der Waals surface area contributed by atoms with Gasteiger partial charge in [-0.2, -0.15) is 0 Å². The molecule has 7 heteroatoms. The molecule has 6 nitrogen and oxygen atoms in total. The highest BCUT2D eigenvalue weighted by Gasteiger charge is 2.36. The first-order chi connectivity index (χ1) is 11.3. The maximum Gasteiger partial charge on any atom is 0.246 e. The summed E-state index contributed by atoms with van der Waals surface area (Å²) in [5.74, 6) is 2.86. The van der Waals surface area contributed by atoms with Crippen molar-refractivity contribution in [2.24, 2.45) is 5.92 Å². The van der Waals surface area contributed by atoms with Gasteiger partial charge in [-0.25, -0.2) is 13.1 Å². The number of nitrogens with zero attached hydrogens (tertiary/aromatic N) is 1. The van der Waals surface area contributed by atoms with Gasteiger partial charge in [0, 0.05) is 31.1 Å². The lowest BCUT2D eigenvalue weighted by Crippen LogP contribution is -2.45. The smallest absolute Gasteiger partial charge is 0.246 e. The van der Waals surface area contributed by atoms with E-state index in [9.17, 15) is 13.2 Å². The molecular formula is C17H24N2O4S. The summed E-state index contributed by atoms with van der Waals surface area (Å²) >= 11 is 0. The van der Waals surface area contributed by atoms with Crippen molar-refractivity contribution in [1.82, 2.24) is 9.62 Å². The van der Waals surface area contributed by atoms with E-state index in [0.29, 0.717) is 43.5 Å². The van der Waals surface area contributed by atoms with Crippen LogP contribution in [-0.2, 0) is 14.8 Å². The fourth-order valence-electron chi connectivity index (χ4n) is 3.16. The molecule has 1 N–H and O–H groups in total. The molecule has 1 aliphatic heterocycles. The van der Waals surface area contributed by atoms with Crippen molar-refractivity contribution in [3.8, 4) is 0 Å². The number of rotatable bonds is 5. The third-order valence-electron chi connectivity index (χ3n) is 4.70. The van der Waals surface area contributed by atoms with Gasteiger partial charge in [0.15, 0.2) is 0 Å². The van der Waals surface area contributed by atoms with Crippen LogP contribution in [0.1, 0.15) is 43.6 Å². The molecule has 1 aromatic heterocycles. The monoisotopic (exact) mass is 352 g/mol. The molecule has 0 aromatic carbocycles. The van der Waals surface area contributed by atoms with Gasteiger partial charge in [-0.1, -0.05) is 6.92 Å². The van der Waals surface area contributed by atoms with Crippen molar-refractivity contribution >= 4 is 22.0 Å². The quantitative estimate of drug-likeness (QED) is 0.822. The molecule has 1 amide bonds. The largest absolute Gasteiger partial charge is 0.461 e. The van der Waals surface area contributed by atoms with Crippen LogP contribution < -0.4 is 4.72 Å².